The molecule has 1 aromatic rings. The van der Waals surface area contributed by atoms with Crippen LogP contribution in [0.2, 0.25) is 0 Å². The fraction of sp³-hybridized carbons (Fsp3) is 0.700. The van der Waals surface area contributed by atoms with E-state index in [1.165, 1.54) is 6.20 Å². The highest BCUT2D eigenvalue weighted by atomic mass is 19.4. The average molecular weight is 248 g/mol. The van der Waals surface area contributed by atoms with Gasteiger partial charge in [0.15, 0.2) is 0 Å². The molecule has 0 aromatic carbocycles. The molecule has 0 bridgehead atoms. The van der Waals surface area contributed by atoms with E-state index in [0.717, 1.165) is 30.9 Å². The minimum absolute atomic E-state index is 0.618. The van der Waals surface area contributed by atoms with Crippen molar-refractivity contribution >= 4 is 0 Å². The number of alkyl halides is 3. The molecule has 1 aromatic heterocycles. The highest BCUT2D eigenvalue weighted by molar-refractivity contribution is 4.99. The first kappa shape index (κ1) is 12.4. The second-order valence-corrected chi connectivity index (χ2v) is 4.15. The van der Waals surface area contributed by atoms with Gasteiger partial charge < -0.3 is 5.32 Å². The second kappa shape index (κ2) is 5.05. The van der Waals surface area contributed by atoms with Gasteiger partial charge in [0.05, 0.1) is 5.69 Å². The summed E-state index contributed by atoms with van der Waals surface area (Å²) in [6.07, 6.45) is -2.83. The fourth-order valence-corrected chi connectivity index (χ4v) is 1.86. The van der Waals surface area contributed by atoms with E-state index in [-0.39, 0.29) is 0 Å². The highest BCUT2D eigenvalue weighted by Crippen LogP contribution is 2.17. The Balaban J connectivity index is 1.89. The van der Waals surface area contributed by atoms with E-state index in [9.17, 15) is 13.2 Å². The number of nitrogens with one attached hydrogen (secondary N) is 1. The molecular formula is C10H15F3N4. The Morgan fingerprint density at radius 3 is 2.65 bits per heavy atom. The fourth-order valence-electron chi connectivity index (χ4n) is 1.86. The highest BCUT2D eigenvalue weighted by Gasteiger charge is 2.28. The maximum Gasteiger partial charge on any atom is 0.408 e. The van der Waals surface area contributed by atoms with Gasteiger partial charge in [-0.25, -0.2) is 0 Å². The third-order valence-corrected chi connectivity index (χ3v) is 2.63. The Bertz CT molecular complexity index is 355. The van der Waals surface area contributed by atoms with Crippen LogP contribution in [0.1, 0.15) is 5.69 Å². The molecule has 1 N–H and O–H groups in total. The standard InChI is InChI=1S/C10H15F3N4/c11-10(12,13)8-17-4-1-9(15-17)7-16-5-2-14-3-6-16/h1,4,14H,2-3,5-8H2. The van der Waals surface area contributed by atoms with Crippen molar-refractivity contribution in [2.75, 3.05) is 26.2 Å². The Labute approximate surface area is 97.4 Å². The van der Waals surface area contributed by atoms with Crippen LogP contribution in [-0.4, -0.2) is 47.0 Å². The van der Waals surface area contributed by atoms with Crippen LogP contribution in [0.15, 0.2) is 12.3 Å². The number of aromatic nitrogens is 2. The topological polar surface area (TPSA) is 33.1 Å². The van der Waals surface area contributed by atoms with Gasteiger partial charge in [0, 0.05) is 38.9 Å². The van der Waals surface area contributed by atoms with Crippen LogP contribution in [-0.2, 0) is 13.1 Å². The van der Waals surface area contributed by atoms with Gasteiger partial charge in [0.2, 0.25) is 0 Å². The predicted octanol–water partition coefficient (Wildman–Crippen LogP) is 0.851. The Kier molecular flexibility index (Phi) is 3.68. The number of halogens is 3. The lowest BCUT2D eigenvalue weighted by Gasteiger charge is -2.26. The molecule has 0 aliphatic carbocycles. The lowest BCUT2D eigenvalue weighted by Crippen LogP contribution is -2.42. The molecule has 0 radical (unpaired) electrons. The molecule has 1 aliphatic rings. The van der Waals surface area contributed by atoms with Crippen LogP contribution in [0.5, 0.6) is 0 Å². The van der Waals surface area contributed by atoms with E-state index in [1.807, 2.05) is 0 Å². The van der Waals surface area contributed by atoms with Crippen LogP contribution < -0.4 is 5.32 Å². The molecule has 2 rings (SSSR count). The molecule has 96 valence electrons. The van der Waals surface area contributed by atoms with Gasteiger partial charge in [0.1, 0.15) is 6.54 Å². The van der Waals surface area contributed by atoms with Crippen molar-refractivity contribution in [3.8, 4) is 0 Å². The molecule has 1 saturated heterocycles. The van der Waals surface area contributed by atoms with E-state index in [1.54, 1.807) is 6.07 Å². The molecule has 0 unspecified atom stereocenters. The summed E-state index contributed by atoms with van der Waals surface area (Å²) in [7, 11) is 0. The van der Waals surface area contributed by atoms with Crippen molar-refractivity contribution < 1.29 is 13.2 Å². The predicted molar refractivity (Wildman–Crippen MR) is 56.4 cm³/mol. The molecule has 1 aliphatic heterocycles. The van der Waals surface area contributed by atoms with E-state index >= 15 is 0 Å². The molecule has 0 amide bonds. The van der Waals surface area contributed by atoms with Crippen LogP contribution in [0, 0.1) is 0 Å². The zero-order chi connectivity index (χ0) is 12.3. The van der Waals surface area contributed by atoms with Gasteiger partial charge in [0.25, 0.3) is 0 Å². The SMILES string of the molecule is FC(F)(F)Cn1ccc(CN2CCNCC2)n1. The lowest BCUT2D eigenvalue weighted by molar-refractivity contribution is -0.142. The van der Waals surface area contributed by atoms with Crippen molar-refractivity contribution in [2.24, 2.45) is 0 Å². The monoisotopic (exact) mass is 248 g/mol. The quantitative estimate of drug-likeness (QED) is 0.861. The molecule has 0 saturated carbocycles. The first-order valence-corrected chi connectivity index (χ1v) is 5.55. The zero-order valence-electron chi connectivity index (χ0n) is 9.37. The average Bonchev–Trinajstić information content (AvgIpc) is 2.64. The summed E-state index contributed by atoms with van der Waals surface area (Å²) in [5, 5.41) is 7.15. The number of hydrogen-bond acceptors (Lipinski definition) is 3. The number of hydrogen-bond donors (Lipinski definition) is 1. The molecule has 4 nitrogen and oxygen atoms in total. The smallest absolute Gasteiger partial charge is 0.314 e. The van der Waals surface area contributed by atoms with Crippen molar-refractivity contribution in [3.05, 3.63) is 18.0 Å². The van der Waals surface area contributed by atoms with Crippen molar-refractivity contribution in [1.82, 2.24) is 20.0 Å². The normalized spacial score (nSPS) is 18.5. The summed E-state index contributed by atoms with van der Waals surface area (Å²) in [4.78, 5) is 2.18. The first-order valence-electron chi connectivity index (χ1n) is 5.55. The molecule has 7 heteroatoms. The maximum atomic E-state index is 12.1. The molecule has 1 fully saturated rings. The molecule has 17 heavy (non-hydrogen) atoms. The number of rotatable bonds is 3. The maximum absolute atomic E-state index is 12.1. The van der Waals surface area contributed by atoms with E-state index in [0.29, 0.717) is 12.2 Å². The first-order chi connectivity index (χ1) is 8.03. The second-order valence-electron chi connectivity index (χ2n) is 4.15. The van der Waals surface area contributed by atoms with E-state index in [4.69, 9.17) is 0 Å². The van der Waals surface area contributed by atoms with Crippen LogP contribution in [0.3, 0.4) is 0 Å². The summed E-state index contributed by atoms with van der Waals surface area (Å²) >= 11 is 0. The summed E-state index contributed by atoms with van der Waals surface area (Å²) in [5.41, 5.74) is 0.691. The van der Waals surface area contributed by atoms with Crippen LogP contribution >= 0.6 is 0 Å². The van der Waals surface area contributed by atoms with Gasteiger partial charge in [-0.2, -0.15) is 18.3 Å². The summed E-state index contributed by atoms with van der Waals surface area (Å²) in [5.74, 6) is 0. The van der Waals surface area contributed by atoms with Crippen molar-refractivity contribution in [1.29, 1.82) is 0 Å². The number of piperazine rings is 1. The Morgan fingerprint density at radius 1 is 1.29 bits per heavy atom. The van der Waals surface area contributed by atoms with Gasteiger partial charge in [-0.05, 0) is 6.07 Å². The van der Waals surface area contributed by atoms with Crippen molar-refractivity contribution in [2.45, 2.75) is 19.3 Å². The largest absolute Gasteiger partial charge is 0.408 e. The third kappa shape index (κ3) is 4.01. The number of nitrogens with zero attached hydrogens (tertiary/aromatic N) is 3. The Hall–Kier alpha value is -1.08. The lowest BCUT2D eigenvalue weighted by atomic mass is 10.3. The van der Waals surface area contributed by atoms with Crippen LogP contribution in [0.4, 0.5) is 13.2 Å². The van der Waals surface area contributed by atoms with Gasteiger partial charge in [-0.1, -0.05) is 0 Å². The van der Waals surface area contributed by atoms with Crippen molar-refractivity contribution in [3.63, 3.8) is 0 Å². The van der Waals surface area contributed by atoms with Gasteiger partial charge in [-0.3, -0.25) is 9.58 Å². The summed E-state index contributed by atoms with van der Waals surface area (Å²) in [6.45, 7) is 3.26. The summed E-state index contributed by atoms with van der Waals surface area (Å²) in [6, 6.07) is 1.65. The van der Waals surface area contributed by atoms with Gasteiger partial charge in [-0.15, -0.1) is 0 Å². The molecule has 2 heterocycles. The van der Waals surface area contributed by atoms with Crippen LogP contribution in [0.25, 0.3) is 0 Å². The minimum Gasteiger partial charge on any atom is -0.314 e. The third-order valence-electron chi connectivity index (χ3n) is 2.63. The summed E-state index contributed by atoms with van der Waals surface area (Å²) < 4.78 is 37.3. The molecule has 0 spiro atoms. The zero-order valence-corrected chi connectivity index (χ0v) is 9.37. The molecular weight excluding hydrogens is 233 g/mol. The minimum atomic E-state index is -4.21. The van der Waals surface area contributed by atoms with E-state index < -0.39 is 12.7 Å². The Morgan fingerprint density at radius 2 is 2.00 bits per heavy atom. The van der Waals surface area contributed by atoms with Gasteiger partial charge >= 0.3 is 6.18 Å². The van der Waals surface area contributed by atoms with E-state index in [2.05, 4.69) is 15.3 Å². The molecule has 0 atom stereocenters.